The summed E-state index contributed by atoms with van der Waals surface area (Å²) in [5.74, 6) is 0.108. The van der Waals surface area contributed by atoms with Gasteiger partial charge in [0.05, 0.1) is 37.2 Å². The molecule has 2 aromatic rings. The average molecular weight is 488 g/mol. The number of hydrogen-bond acceptors (Lipinski definition) is 6. The molecule has 2 fully saturated rings. The van der Waals surface area contributed by atoms with Crippen LogP contribution < -0.4 is 10.1 Å². The van der Waals surface area contributed by atoms with Crippen molar-refractivity contribution in [3.63, 3.8) is 0 Å². The minimum absolute atomic E-state index is 0.100. The van der Waals surface area contributed by atoms with E-state index in [1.165, 1.54) is 4.31 Å². The summed E-state index contributed by atoms with van der Waals surface area (Å²) in [5, 5.41) is 3.22. The van der Waals surface area contributed by atoms with Gasteiger partial charge in [-0.1, -0.05) is 30.3 Å². The van der Waals surface area contributed by atoms with Gasteiger partial charge in [0, 0.05) is 32.7 Å². The fourth-order valence-corrected chi connectivity index (χ4v) is 6.05. The van der Waals surface area contributed by atoms with E-state index in [1.807, 2.05) is 30.3 Å². The summed E-state index contributed by atoms with van der Waals surface area (Å²) in [6.07, 6.45) is 1.31. The largest absolute Gasteiger partial charge is 0.497 e. The van der Waals surface area contributed by atoms with E-state index in [0.717, 1.165) is 18.7 Å². The van der Waals surface area contributed by atoms with Gasteiger partial charge in [0.15, 0.2) is 0 Å². The quantitative estimate of drug-likeness (QED) is 0.615. The van der Waals surface area contributed by atoms with Crippen molar-refractivity contribution in [1.82, 2.24) is 14.5 Å². The summed E-state index contributed by atoms with van der Waals surface area (Å²) in [4.78, 5) is 15.8. The van der Waals surface area contributed by atoms with E-state index in [2.05, 4.69) is 10.2 Å². The van der Waals surface area contributed by atoms with Crippen LogP contribution >= 0.6 is 0 Å². The number of nitrogens with one attached hydrogen (secondary N) is 1. The molecule has 8 nitrogen and oxygen atoms in total. The lowest BCUT2D eigenvalue weighted by Gasteiger charge is -2.34. The van der Waals surface area contributed by atoms with Crippen molar-refractivity contribution in [3.05, 3.63) is 60.2 Å². The van der Waals surface area contributed by atoms with Crippen molar-refractivity contribution in [1.29, 1.82) is 0 Å². The number of methoxy groups -OCH3 is 1. The molecule has 2 atom stereocenters. The molecule has 1 N–H and O–H groups in total. The third kappa shape index (κ3) is 5.96. The molecule has 2 unspecified atom stereocenters. The second-order valence-corrected chi connectivity index (χ2v) is 10.7. The average Bonchev–Trinajstić information content (AvgIpc) is 2.89. The van der Waals surface area contributed by atoms with Crippen LogP contribution in [0.1, 0.15) is 24.4 Å². The summed E-state index contributed by atoms with van der Waals surface area (Å²) in [6, 6.07) is 16.1. The number of hydrogen-bond donors (Lipinski definition) is 1. The smallest absolute Gasteiger partial charge is 0.243 e. The number of carbonyl (C=O) groups is 1. The first-order chi connectivity index (χ1) is 16.5. The summed E-state index contributed by atoms with van der Waals surface area (Å²) in [7, 11) is -2.14. The molecule has 2 heterocycles. The zero-order chi connectivity index (χ0) is 24.0. The second-order valence-electron chi connectivity index (χ2n) is 8.76. The third-order valence-electron chi connectivity index (χ3n) is 6.52. The number of nitrogens with zero attached hydrogens (tertiary/aromatic N) is 2. The van der Waals surface area contributed by atoms with Crippen LogP contribution in [0.3, 0.4) is 0 Å². The molecule has 2 aliphatic rings. The molecular formula is C25H33N3O5S. The van der Waals surface area contributed by atoms with Crippen molar-refractivity contribution in [2.75, 3.05) is 53.0 Å². The van der Waals surface area contributed by atoms with Gasteiger partial charge in [-0.3, -0.25) is 9.69 Å². The topological polar surface area (TPSA) is 88.2 Å². The summed E-state index contributed by atoms with van der Waals surface area (Å²) >= 11 is 0. The molecule has 0 aliphatic carbocycles. The normalized spacial score (nSPS) is 21.0. The highest BCUT2D eigenvalue weighted by molar-refractivity contribution is 7.89. The highest BCUT2D eigenvalue weighted by Gasteiger charge is 2.34. The van der Waals surface area contributed by atoms with E-state index >= 15 is 0 Å². The summed E-state index contributed by atoms with van der Waals surface area (Å²) in [6.45, 7) is 4.33. The van der Waals surface area contributed by atoms with Crippen LogP contribution in [0.2, 0.25) is 0 Å². The van der Waals surface area contributed by atoms with Crippen LogP contribution in [0.25, 0.3) is 0 Å². The standard InChI is InChI=1S/C25H33N3O5S/c1-32-22-9-11-23(12-10-22)34(30,31)28-13-5-8-21(18-28)25(29)26-24(20-6-3-2-4-7-20)19-27-14-16-33-17-15-27/h2-4,6-7,9-12,21,24H,5,8,13-19H2,1H3,(H,26,29). The number of amides is 1. The molecule has 4 rings (SSSR count). The van der Waals surface area contributed by atoms with E-state index < -0.39 is 15.9 Å². The molecule has 0 saturated carbocycles. The van der Waals surface area contributed by atoms with Crippen molar-refractivity contribution in [2.45, 2.75) is 23.8 Å². The van der Waals surface area contributed by atoms with Gasteiger partial charge in [-0.05, 0) is 42.7 Å². The zero-order valence-corrected chi connectivity index (χ0v) is 20.4. The second kappa shape index (κ2) is 11.3. The van der Waals surface area contributed by atoms with Gasteiger partial charge in [-0.2, -0.15) is 4.31 Å². The number of piperidine rings is 1. The Morgan fingerprint density at radius 2 is 1.79 bits per heavy atom. The maximum Gasteiger partial charge on any atom is 0.243 e. The molecule has 1 amide bonds. The Morgan fingerprint density at radius 1 is 1.09 bits per heavy atom. The molecule has 2 saturated heterocycles. The molecule has 34 heavy (non-hydrogen) atoms. The van der Waals surface area contributed by atoms with E-state index in [0.29, 0.717) is 44.9 Å². The van der Waals surface area contributed by atoms with Gasteiger partial charge >= 0.3 is 0 Å². The first-order valence-electron chi connectivity index (χ1n) is 11.8. The predicted octanol–water partition coefficient (Wildman–Crippen LogP) is 2.29. The molecular weight excluding hydrogens is 454 g/mol. The van der Waals surface area contributed by atoms with Gasteiger partial charge < -0.3 is 14.8 Å². The van der Waals surface area contributed by atoms with Gasteiger partial charge in [-0.15, -0.1) is 0 Å². The fraction of sp³-hybridized carbons (Fsp3) is 0.480. The molecule has 2 aromatic carbocycles. The zero-order valence-electron chi connectivity index (χ0n) is 19.6. The maximum atomic E-state index is 13.3. The number of morpholine rings is 1. The van der Waals surface area contributed by atoms with Gasteiger partial charge in [-0.25, -0.2) is 8.42 Å². The Balaban J connectivity index is 1.45. The monoisotopic (exact) mass is 487 g/mol. The minimum atomic E-state index is -3.68. The number of ether oxygens (including phenoxy) is 2. The van der Waals surface area contributed by atoms with E-state index in [1.54, 1.807) is 31.4 Å². The summed E-state index contributed by atoms with van der Waals surface area (Å²) < 4.78 is 38.4. The van der Waals surface area contributed by atoms with Crippen LogP contribution in [0.4, 0.5) is 0 Å². The Bertz CT molecular complexity index is 1040. The minimum Gasteiger partial charge on any atom is -0.497 e. The van der Waals surface area contributed by atoms with Crippen LogP contribution in [-0.4, -0.2) is 76.6 Å². The van der Waals surface area contributed by atoms with E-state index in [-0.39, 0.29) is 23.4 Å². The highest BCUT2D eigenvalue weighted by atomic mass is 32.2. The highest BCUT2D eigenvalue weighted by Crippen LogP contribution is 2.26. The third-order valence-corrected chi connectivity index (χ3v) is 8.39. The SMILES string of the molecule is COc1ccc(S(=O)(=O)N2CCCC(C(=O)NC(CN3CCOCC3)c3ccccc3)C2)cc1. The van der Waals surface area contributed by atoms with Crippen LogP contribution in [0.5, 0.6) is 5.75 Å². The molecule has 0 radical (unpaired) electrons. The van der Waals surface area contributed by atoms with Gasteiger partial charge in [0.2, 0.25) is 15.9 Å². The molecule has 2 aliphatic heterocycles. The Morgan fingerprint density at radius 3 is 2.47 bits per heavy atom. The van der Waals surface area contributed by atoms with Gasteiger partial charge in [0.1, 0.15) is 5.75 Å². The lowest BCUT2D eigenvalue weighted by atomic mass is 9.97. The Hall–Kier alpha value is -2.46. The van der Waals surface area contributed by atoms with Crippen LogP contribution in [0.15, 0.2) is 59.5 Å². The van der Waals surface area contributed by atoms with Crippen LogP contribution in [-0.2, 0) is 19.6 Å². The molecule has 9 heteroatoms. The fourth-order valence-electron chi connectivity index (χ4n) is 4.52. The number of sulfonamides is 1. The Kier molecular flexibility index (Phi) is 8.20. The first-order valence-corrected chi connectivity index (χ1v) is 13.2. The number of carbonyl (C=O) groups excluding carboxylic acids is 1. The first kappa shape index (κ1) is 24.7. The molecule has 0 bridgehead atoms. The van der Waals surface area contributed by atoms with Crippen molar-refractivity contribution < 1.29 is 22.7 Å². The van der Waals surface area contributed by atoms with E-state index in [4.69, 9.17) is 9.47 Å². The molecule has 0 aromatic heterocycles. The lowest BCUT2D eigenvalue weighted by Crippen LogP contribution is -2.48. The number of rotatable bonds is 8. The summed E-state index contributed by atoms with van der Waals surface area (Å²) in [5.41, 5.74) is 1.04. The van der Waals surface area contributed by atoms with Crippen molar-refractivity contribution >= 4 is 15.9 Å². The maximum absolute atomic E-state index is 13.3. The van der Waals surface area contributed by atoms with Gasteiger partial charge in [0.25, 0.3) is 0 Å². The number of benzene rings is 2. The molecule has 0 spiro atoms. The van der Waals surface area contributed by atoms with Crippen molar-refractivity contribution in [2.24, 2.45) is 5.92 Å². The van der Waals surface area contributed by atoms with E-state index in [9.17, 15) is 13.2 Å². The molecule has 184 valence electrons. The van der Waals surface area contributed by atoms with Crippen LogP contribution in [0, 0.1) is 5.92 Å². The lowest BCUT2D eigenvalue weighted by molar-refractivity contribution is -0.127. The van der Waals surface area contributed by atoms with Crippen molar-refractivity contribution in [3.8, 4) is 5.75 Å². The predicted molar refractivity (Wildman–Crippen MR) is 129 cm³/mol. The Labute approximate surface area is 201 Å².